The van der Waals surface area contributed by atoms with Gasteiger partial charge in [-0.2, -0.15) is 5.10 Å². The van der Waals surface area contributed by atoms with Crippen LogP contribution in [-0.4, -0.2) is 15.9 Å². The van der Waals surface area contributed by atoms with Crippen molar-refractivity contribution in [3.8, 4) is 5.75 Å². The standard InChI is InChI=1S/C15H13F2N3OS/c1-9(11-8-10(16)6-7-14(11)21)19-20-15(22)18-13-5-3-2-4-12(13)17/h2-8,21H,1H3,(H2,18,20,22)/b19-9+. The van der Waals surface area contributed by atoms with Gasteiger partial charge >= 0.3 is 0 Å². The molecular weight excluding hydrogens is 308 g/mol. The fourth-order valence-corrected chi connectivity index (χ4v) is 1.86. The van der Waals surface area contributed by atoms with Gasteiger partial charge in [0.1, 0.15) is 17.4 Å². The zero-order chi connectivity index (χ0) is 16.1. The molecule has 2 rings (SSSR count). The average molecular weight is 321 g/mol. The summed E-state index contributed by atoms with van der Waals surface area (Å²) in [6.07, 6.45) is 0. The number of hydrogen-bond acceptors (Lipinski definition) is 3. The molecule has 7 heteroatoms. The predicted octanol–water partition coefficient (Wildman–Crippen LogP) is 3.38. The highest BCUT2D eigenvalue weighted by molar-refractivity contribution is 7.80. The van der Waals surface area contributed by atoms with Crippen LogP contribution in [0.25, 0.3) is 0 Å². The molecule has 0 aliphatic heterocycles. The van der Waals surface area contributed by atoms with E-state index in [-0.39, 0.29) is 22.1 Å². The van der Waals surface area contributed by atoms with E-state index < -0.39 is 11.6 Å². The first-order valence-electron chi connectivity index (χ1n) is 6.32. The number of para-hydroxylation sites is 1. The fraction of sp³-hybridized carbons (Fsp3) is 0.0667. The minimum atomic E-state index is -0.491. The van der Waals surface area contributed by atoms with E-state index in [2.05, 4.69) is 15.8 Å². The first-order valence-corrected chi connectivity index (χ1v) is 6.73. The Kier molecular flexibility index (Phi) is 5.00. The maximum atomic E-state index is 13.5. The molecule has 0 radical (unpaired) electrons. The number of phenolic OH excluding ortho intramolecular Hbond substituents is 1. The van der Waals surface area contributed by atoms with Gasteiger partial charge in [0.15, 0.2) is 5.11 Å². The molecule has 0 bridgehead atoms. The van der Waals surface area contributed by atoms with Crippen LogP contribution in [0, 0.1) is 11.6 Å². The number of aromatic hydroxyl groups is 1. The van der Waals surface area contributed by atoms with Gasteiger partial charge in [0, 0.05) is 5.56 Å². The highest BCUT2D eigenvalue weighted by atomic mass is 32.1. The molecule has 0 unspecified atom stereocenters. The highest BCUT2D eigenvalue weighted by Crippen LogP contribution is 2.18. The Hall–Kier alpha value is -2.54. The smallest absolute Gasteiger partial charge is 0.191 e. The summed E-state index contributed by atoms with van der Waals surface area (Å²) in [4.78, 5) is 0. The third-order valence-corrected chi connectivity index (χ3v) is 2.99. The van der Waals surface area contributed by atoms with E-state index in [1.165, 1.54) is 18.2 Å². The van der Waals surface area contributed by atoms with Crippen molar-refractivity contribution in [1.82, 2.24) is 5.43 Å². The van der Waals surface area contributed by atoms with Crippen LogP contribution in [0.4, 0.5) is 14.5 Å². The van der Waals surface area contributed by atoms with Crippen LogP contribution in [-0.2, 0) is 0 Å². The summed E-state index contributed by atoms with van der Waals surface area (Å²) < 4.78 is 26.6. The predicted molar refractivity (Wildman–Crippen MR) is 86.0 cm³/mol. The number of nitrogens with one attached hydrogen (secondary N) is 2. The van der Waals surface area contributed by atoms with Crippen molar-refractivity contribution in [2.75, 3.05) is 5.32 Å². The van der Waals surface area contributed by atoms with Crippen LogP contribution in [0.5, 0.6) is 5.75 Å². The number of thiocarbonyl (C=S) groups is 1. The number of halogens is 2. The summed E-state index contributed by atoms with van der Waals surface area (Å²) in [5.74, 6) is -1.04. The van der Waals surface area contributed by atoms with E-state index in [1.807, 2.05) is 0 Å². The number of phenols is 1. The molecule has 22 heavy (non-hydrogen) atoms. The van der Waals surface area contributed by atoms with Crippen molar-refractivity contribution in [2.24, 2.45) is 5.10 Å². The molecule has 0 spiro atoms. The summed E-state index contributed by atoms with van der Waals surface area (Å²) >= 11 is 4.99. The van der Waals surface area contributed by atoms with Crippen LogP contribution >= 0.6 is 12.2 Å². The lowest BCUT2D eigenvalue weighted by atomic mass is 10.1. The Labute approximate surface area is 131 Å². The molecule has 0 heterocycles. The topological polar surface area (TPSA) is 56.7 Å². The Morgan fingerprint density at radius 1 is 1.18 bits per heavy atom. The maximum Gasteiger partial charge on any atom is 0.191 e. The van der Waals surface area contributed by atoms with Crippen molar-refractivity contribution < 1.29 is 13.9 Å². The summed E-state index contributed by atoms with van der Waals surface area (Å²) in [5.41, 5.74) is 3.29. The van der Waals surface area contributed by atoms with Gasteiger partial charge < -0.3 is 10.4 Å². The molecule has 2 aromatic carbocycles. The van der Waals surface area contributed by atoms with E-state index in [0.717, 1.165) is 12.1 Å². The van der Waals surface area contributed by atoms with Crippen molar-refractivity contribution in [1.29, 1.82) is 0 Å². The van der Waals surface area contributed by atoms with Crippen LogP contribution < -0.4 is 10.7 Å². The van der Waals surface area contributed by atoms with Crippen molar-refractivity contribution in [3.05, 3.63) is 59.7 Å². The zero-order valence-corrected chi connectivity index (χ0v) is 12.4. The first kappa shape index (κ1) is 15.8. The highest BCUT2D eigenvalue weighted by Gasteiger charge is 2.07. The van der Waals surface area contributed by atoms with Crippen molar-refractivity contribution in [3.63, 3.8) is 0 Å². The van der Waals surface area contributed by atoms with Gasteiger partial charge in [-0.15, -0.1) is 0 Å². The Balaban J connectivity index is 2.06. The van der Waals surface area contributed by atoms with E-state index >= 15 is 0 Å². The van der Waals surface area contributed by atoms with Crippen LogP contribution in [0.3, 0.4) is 0 Å². The lowest BCUT2D eigenvalue weighted by molar-refractivity contribution is 0.472. The summed E-state index contributed by atoms with van der Waals surface area (Å²) in [5, 5.41) is 16.3. The van der Waals surface area contributed by atoms with Gasteiger partial charge in [0.25, 0.3) is 0 Å². The Bertz CT molecular complexity index is 734. The summed E-state index contributed by atoms with van der Waals surface area (Å²) in [7, 11) is 0. The molecular formula is C15H13F2N3OS. The second kappa shape index (κ2) is 6.95. The summed E-state index contributed by atoms with van der Waals surface area (Å²) in [6, 6.07) is 9.58. The van der Waals surface area contributed by atoms with E-state index in [1.54, 1.807) is 19.1 Å². The Morgan fingerprint density at radius 2 is 1.91 bits per heavy atom. The average Bonchev–Trinajstić information content (AvgIpc) is 2.49. The fourth-order valence-electron chi connectivity index (χ4n) is 1.71. The molecule has 3 N–H and O–H groups in total. The maximum absolute atomic E-state index is 13.5. The number of rotatable bonds is 3. The molecule has 0 aromatic heterocycles. The third-order valence-electron chi connectivity index (χ3n) is 2.80. The van der Waals surface area contributed by atoms with E-state index in [4.69, 9.17) is 12.2 Å². The van der Waals surface area contributed by atoms with Crippen LogP contribution in [0.2, 0.25) is 0 Å². The molecule has 0 fully saturated rings. The van der Waals surface area contributed by atoms with Crippen LogP contribution in [0.15, 0.2) is 47.6 Å². The SMILES string of the molecule is C/C(=N\NC(=S)Nc1ccccc1F)c1cc(F)ccc1O. The quantitative estimate of drug-likeness (QED) is 0.461. The number of hydrogen-bond donors (Lipinski definition) is 3. The van der Waals surface area contributed by atoms with Gasteiger partial charge in [-0.05, 0) is 49.5 Å². The lowest BCUT2D eigenvalue weighted by Gasteiger charge is -2.09. The van der Waals surface area contributed by atoms with Crippen LogP contribution in [0.1, 0.15) is 12.5 Å². The van der Waals surface area contributed by atoms with Gasteiger partial charge in [-0.25, -0.2) is 8.78 Å². The second-order valence-corrected chi connectivity index (χ2v) is 4.81. The lowest BCUT2D eigenvalue weighted by Crippen LogP contribution is -2.25. The van der Waals surface area contributed by atoms with E-state index in [9.17, 15) is 13.9 Å². The molecule has 0 aliphatic rings. The minimum Gasteiger partial charge on any atom is -0.507 e. The second-order valence-electron chi connectivity index (χ2n) is 4.40. The number of benzene rings is 2. The number of anilines is 1. The van der Waals surface area contributed by atoms with Crippen molar-refractivity contribution in [2.45, 2.75) is 6.92 Å². The third kappa shape index (κ3) is 3.98. The van der Waals surface area contributed by atoms with Gasteiger partial charge in [-0.3, -0.25) is 5.43 Å². The normalized spacial score (nSPS) is 11.1. The molecule has 0 amide bonds. The monoisotopic (exact) mass is 321 g/mol. The molecule has 114 valence electrons. The number of nitrogens with zero attached hydrogens (tertiary/aromatic N) is 1. The van der Waals surface area contributed by atoms with Gasteiger partial charge in [-0.1, -0.05) is 12.1 Å². The molecule has 2 aromatic rings. The zero-order valence-electron chi connectivity index (χ0n) is 11.6. The molecule has 0 saturated carbocycles. The van der Waals surface area contributed by atoms with Gasteiger partial charge in [0.2, 0.25) is 0 Å². The first-order chi connectivity index (χ1) is 10.5. The summed E-state index contributed by atoms with van der Waals surface area (Å²) in [6.45, 7) is 1.58. The molecule has 0 aliphatic carbocycles. The molecule has 0 saturated heterocycles. The van der Waals surface area contributed by atoms with Crippen molar-refractivity contribution >= 4 is 28.7 Å². The largest absolute Gasteiger partial charge is 0.507 e. The van der Waals surface area contributed by atoms with Gasteiger partial charge in [0.05, 0.1) is 11.4 Å². The Morgan fingerprint density at radius 3 is 2.64 bits per heavy atom. The molecule has 0 atom stereocenters. The minimum absolute atomic E-state index is 0.0698. The molecule has 4 nitrogen and oxygen atoms in total. The number of hydrazone groups is 1. The van der Waals surface area contributed by atoms with E-state index in [0.29, 0.717) is 5.71 Å².